The molecule has 0 radical (unpaired) electrons. The van der Waals surface area contributed by atoms with Crippen LogP contribution >= 0.6 is 0 Å². The van der Waals surface area contributed by atoms with Gasteiger partial charge in [-0.25, -0.2) is 0 Å². The van der Waals surface area contributed by atoms with Crippen molar-refractivity contribution in [2.45, 2.75) is 44.9 Å². The predicted molar refractivity (Wildman–Crippen MR) is 111 cm³/mol. The van der Waals surface area contributed by atoms with Gasteiger partial charge in [0.2, 0.25) is 0 Å². The smallest absolute Gasteiger partial charge is 0.270 e. The van der Waals surface area contributed by atoms with E-state index < -0.39 is 0 Å². The molecular weight excluding hydrogens is 352 g/mol. The zero-order valence-electron chi connectivity index (χ0n) is 16.3. The quantitative estimate of drug-likeness (QED) is 0.403. The monoisotopic (exact) mass is 376 g/mol. The summed E-state index contributed by atoms with van der Waals surface area (Å²) in [6, 6.07) is 12.9. The van der Waals surface area contributed by atoms with E-state index in [2.05, 4.69) is 6.92 Å². The molecular formula is C23H24N2O3. The summed E-state index contributed by atoms with van der Waals surface area (Å²) in [5.41, 5.74) is 5.26. The Bertz CT molecular complexity index is 1020. The summed E-state index contributed by atoms with van der Waals surface area (Å²) in [7, 11) is 1.65. The topological polar surface area (TPSA) is 65.3 Å². The lowest BCUT2D eigenvalue weighted by molar-refractivity contribution is -0.384. The third-order valence-electron chi connectivity index (χ3n) is 5.83. The molecule has 1 aliphatic carbocycles. The van der Waals surface area contributed by atoms with Crippen molar-refractivity contribution in [1.82, 2.24) is 4.98 Å². The highest BCUT2D eigenvalue weighted by Crippen LogP contribution is 2.40. The maximum Gasteiger partial charge on any atom is 0.270 e. The van der Waals surface area contributed by atoms with E-state index in [1.165, 1.54) is 19.3 Å². The molecule has 0 spiro atoms. The normalized spacial score (nSPS) is 14.9. The van der Waals surface area contributed by atoms with Gasteiger partial charge in [-0.2, -0.15) is 0 Å². The van der Waals surface area contributed by atoms with Crippen LogP contribution in [0.25, 0.3) is 22.0 Å². The zero-order chi connectivity index (χ0) is 19.7. The van der Waals surface area contributed by atoms with Crippen molar-refractivity contribution in [2.75, 3.05) is 7.11 Å². The molecule has 0 aliphatic heterocycles. The van der Waals surface area contributed by atoms with E-state index in [0.717, 1.165) is 51.9 Å². The van der Waals surface area contributed by atoms with E-state index in [-0.39, 0.29) is 10.6 Å². The lowest BCUT2D eigenvalue weighted by atomic mass is 9.83. The Kier molecular flexibility index (Phi) is 4.99. The van der Waals surface area contributed by atoms with Crippen LogP contribution in [0.3, 0.4) is 0 Å². The number of methoxy groups -OCH3 is 1. The van der Waals surface area contributed by atoms with Crippen LogP contribution in [-0.4, -0.2) is 17.0 Å². The number of hydrogen-bond donors (Lipinski definition) is 0. The van der Waals surface area contributed by atoms with Crippen molar-refractivity contribution in [1.29, 1.82) is 0 Å². The first-order valence-corrected chi connectivity index (χ1v) is 9.81. The molecule has 1 aliphatic rings. The third kappa shape index (κ3) is 3.33. The number of pyridine rings is 1. The molecule has 1 fully saturated rings. The Morgan fingerprint density at radius 2 is 1.79 bits per heavy atom. The fraction of sp³-hybridized carbons (Fsp3) is 0.348. The Hall–Kier alpha value is -2.95. The van der Waals surface area contributed by atoms with E-state index in [9.17, 15) is 10.1 Å². The molecule has 0 unspecified atom stereocenters. The van der Waals surface area contributed by atoms with Gasteiger partial charge in [0.1, 0.15) is 5.75 Å². The van der Waals surface area contributed by atoms with Crippen LogP contribution in [0.15, 0.2) is 42.5 Å². The molecule has 0 saturated heterocycles. The second kappa shape index (κ2) is 7.58. The minimum Gasteiger partial charge on any atom is -0.497 e. The van der Waals surface area contributed by atoms with Gasteiger partial charge in [-0.3, -0.25) is 15.1 Å². The molecule has 2 aromatic carbocycles. The number of ether oxygens (including phenoxy) is 1. The number of aromatic nitrogens is 1. The molecule has 1 saturated carbocycles. The molecule has 144 valence electrons. The Labute approximate surface area is 164 Å². The van der Waals surface area contributed by atoms with Gasteiger partial charge in [0.25, 0.3) is 5.69 Å². The summed E-state index contributed by atoms with van der Waals surface area (Å²) in [5.74, 6) is 1.25. The van der Waals surface area contributed by atoms with Crippen LogP contribution in [0.1, 0.15) is 49.3 Å². The van der Waals surface area contributed by atoms with Gasteiger partial charge in [-0.05, 0) is 54.7 Å². The Morgan fingerprint density at radius 3 is 2.43 bits per heavy atom. The van der Waals surface area contributed by atoms with Crippen molar-refractivity contribution in [3.05, 3.63) is 63.8 Å². The summed E-state index contributed by atoms with van der Waals surface area (Å²) < 4.78 is 5.29. The fourth-order valence-corrected chi connectivity index (χ4v) is 4.38. The number of nitro groups is 1. The number of fused-ring (bicyclic) bond motifs is 1. The second-order valence-corrected chi connectivity index (χ2v) is 7.52. The van der Waals surface area contributed by atoms with Crippen LogP contribution in [0.5, 0.6) is 5.75 Å². The maximum absolute atomic E-state index is 11.3. The fourth-order valence-electron chi connectivity index (χ4n) is 4.38. The van der Waals surface area contributed by atoms with E-state index in [4.69, 9.17) is 9.72 Å². The number of nitro benzene ring substituents is 1. The van der Waals surface area contributed by atoms with E-state index in [1.807, 2.05) is 24.3 Å². The predicted octanol–water partition coefficient (Wildman–Crippen LogP) is 6.17. The standard InChI is InChI=1S/C23H24N2O3/c1-15-22(16-8-11-19(28-2)12-9-16)20-14-18(25(26)27)10-13-21(20)24-23(15)17-6-4-3-5-7-17/h8-14,17H,3-7H2,1-2H3. The van der Waals surface area contributed by atoms with E-state index >= 15 is 0 Å². The van der Waals surface area contributed by atoms with Crippen molar-refractivity contribution >= 4 is 16.6 Å². The van der Waals surface area contributed by atoms with Gasteiger partial charge >= 0.3 is 0 Å². The van der Waals surface area contributed by atoms with E-state index in [1.54, 1.807) is 25.3 Å². The largest absolute Gasteiger partial charge is 0.497 e. The minimum atomic E-state index is -0.346. The zero-order valence-corrected chi connectivity index (χ0v) is 16.3. The van der Waals surface area contributed by atoms with Crippen molar-refractivity contribution in [3.8, 4) is 16.9 Å². The number of non-ortho nitro benzene ring substituents is 1. The summed E-state index contributed by atoms with van der Waals surface area (Å²) >= 11 is 0. The Balaban J connectivity index is 1.97. The average Bonchev–Trinajstić information content (AvgIpc) is 2.73. The highest BCUT2D eigenvalue weighted by atomic mass is 16.6. The highest BCUT2D eigenvalue weighted by Gasteiger charge is 2.23. The summed E-state index contributed by atoms with van der Waals surface area (Å²) in [6.45, 7) is 2.11. The van der Waals surface area contributed by atoms with Crippen molar-refractivity contribution < 1.29 is 9.66 Å². The third-order valence-corrected chi connectivity index (χ3v) is 5.83. The van der Waals surface area contributed by atoms with Gasteiger partial charge in [-0.15, -0.1) is 0 Å². The maximum atomic E-state index is 11.3. The van der Waals surface area contributed by atoms with Crippen LogP contribution < -0.4 is 4.74 Å². The molecule has 0 bridgehead atoms. The number of benzene rings is 2. The van der Waals surface area contributed by atoms with E-state index in [0.29, 0.717) is 5.92 Å². The first-order chi connectivity index (χ1) is 13.6. The van der Waals surface area contributed by atoms with Crippen LogP contribution in [0.2, 0.25) is 0 Å². The lowest BCUT2D eigenvalue weighted by Gasteiger charge is -2.25. The molecule has 0 N–H and O–H groups in total. The minimum absolute atomic E-state index is 0.0916. The van der Waals surface area contributed by atoms with Crippen molar-refractivity contribution in [2.24, 2.45) is 0 Å². The lowest BCUT2D eigenvalue weighted by Crippen LogP contribution is -2.10. The molecule has 5 heteroatoms. The first kappa shape index (κ1) is 18.4. The molecule has 5 nitrogen and oxygen atoms in total. The second-order valence-electron chi connectivity index (χ2n) is 7.52. The number of hydrogen-bond acceptors (Lipinski definition) is 4. The summed E-state index contributed by atoms with van der Waals surface area (Å²) in [5, 5.41) is 12.2. The Morgan fingerprint density at radius 1 is 1.07 bits per heavy atom. The first-order valence-electron chi connectivity index (χ1n) is 9.81. The molecule has 28 heavy (non-hydrogen) atoms. The van der Waals surface area contributed by atoms with Crippen molar-refractivity contribution in [3.63, 3.8) is 0 Å². The van der Waals surface area contributed by atoms with Crippen LogP contribution in [-0.2, 0) is 0 Å². The van der Waals surface area contributed by atoms with Gasteiger partial charge in [0.05, 0.1) is 17.5 Å². The number of nitrogens with zero attached hydrogens (tertiary/aromatic N) is 2. The highest BCUT2D eigenvalue weighted by molar-refractivity contribution is 5.98. The van der Waals surface area contributed by atoms with Crippen LogP contribution in [0.4, 0.5) is 5.69 Å². The molecule has 0 amide bonds. The molecule has 3 aromatic rings. The molecule has 1 aromatic heterocycles. The van der Waals surface area contributed by atoms with Gasteiger partial charge in [0, 0.05) is 29.1 Å². The SMILES string of the molecule is COc1ccc(-c2c(C)c(C3CCCCC3)nc3ccc([N+](=O)[O-])cc23)cc1. The molecule has 0 atom stereocenters. The van der Waals surface area contributed by atoms with Gasteiger partial charge in [0.15, 0.2) is 0 Å². The summed E-state index contributed by atoms with van der Waals surface area (Å²) in [6.07, 6.45) is 6.09. The van der Waals surface area contributed by atoms with Crippen LogP contribution in [0, 0.1) is 17.0 Å². The van der Waals surface area contributed by atoms with Gasteiger partial charge < -0.3 is 4.74 Å². The summed E-state index contributed by atoms with van der Waals surface area (Å²) in [4.78, 5) is 16.0. The number of rotatable bonds is 4. The molecule has 4 rings (SSSR count). The average molecular weight is 376 g/mol. The van der Waals surface area contributed by atoms with Gasteiger partial charge in [-0.1, -0.05) is 31.4 Å². The molecule has 1 heterocycles.